The summed E-state index contributed by atoms with van der Waals surface area (Å²) in [6, 6.07) is 13.5. The van der Waals surface area contributed by atoms with E-state index >= 15 is 0 Å². The Morgan fingerprint density at radius 2 is 1.73 bits per heavy atom. The Bertz CT molecular complexity index is 1010. The highest BCUT2D eigenvalue weighted by atomic mass is 16.6. The third-order valence-electron chi connectivity index (χ3n) is 4.39. The van der Waals surface area contributed by atoms with E-state index in [-0.39, 0.29) is 23.7 Å². The van der Waals surface area contributed by atoms with E-state index in [9.17, 15) is 14.9 Å². The van der Waals surface area contributed by atoms with E-state index in [1.54, 1.807) is 36.4 Å². The van der Waals surface area contributed by atoms with E-state index in [0.29, 0.717) is 30.2 Å². The molecule has 0 atom stereocenters. The van der Waals surface area contributed by atoms with Gasteiger partial charge in [0.05, 0.1) is 13.7 Å². The van der Waals surface area contributed by atoms with Gasteiger partial charge in [-0.3, -0.25) is 4.79 Å². The number of rotatable bonds is 12. The molecule has 0 aromatic heterocycles. The summed E-state index contributed by atoms with van der Waals surface area (Å²) in [6.45, 7) is 4.68. The fourth-order valence-electron chi connectivity index (χ4n) is 2.74. The molecule has 0 aliphatic rings. The highest BCUT2D eigenvalue weighted by Crippen LogP contribution is 2.29. The van der Waals surface area contributed by atoms with Crippen molar-refractivity contribution in [1.82, 2.24) is 5.32 Å². The van der Waals surface area contributed by atoms with Crippen molar-refractivity contribution in [1.29, 1.82) is 5.26 Å². The molecule has 0 spiro atoms. The van der Waals surface area contributed by atoms with Crippen LogP contribution in [0.1, 0.15) is 32.3 Å². The first-order valence-corrected chi connectivity index (χ1v) is 10.6. The number of nitriles is 1. The van der Waals surface area contributed by atoms with Gasteiger partial charge in [-0.15, -0.1) is 0 Å². The molecule has 0 fully saturated rings. The van der Waals surface area contributed by atoms with Crippen LogP contribution in [0.15, 0.2) is 48.0 Å². The summed E-state index contributed by atoms with van der Waals surface area (Å²) >= 11 is 0. The summed E-state index contributed by atoms with van der Waals surface area (Å²) in [7, 11) is 1.43. The second-order valence-corrected chi connectivity index (χ2v) is 6.86. The molecule has 0 unspecified atom stereocenters. The maximum absolute atomic E-state index is 12.2. The monoisotopic (exact) mass is 452 g/mol. The van der Waals surface area contributed by atoms with Crippen molar-refractivity contribution in [2.45, 2.75) is 26.7 Å². The Labute approximate surface area is 193 Å². The number of esters is 1. The van der Waals surface area contributed by atoms with Crippen LogP contribution in [0.3, 0.4) is 0 Å². The van der Waals surface area contributed by atoms with Crippen molar-refractivity contribution in [3.63, 3.8) is 0 Å². The van der Waals surface area contributed by atoms with Crippen molar-refractivity contribution in [2.24, 2.45) is 0 Å². The van der Waals surface area contributed by atoms with Gasteiger partial charge in [0.25, 0.3) is 5.91 Å². The van der Waals surface area contributed by atoms with Gasteiger partial charge >= 0.3 is 5.97 Å². The molecule has 0 aliphatic heterocycles. The molecule has 2 rings (SSSR count). The molecule has 1 amide bonds. The Kier molecular flexibility index (Phi) is 10.3. The van der Waals surface area contributed by atoms with Crippen molar-refractivity contribution in [3.8, 4) is 29.1 Å². The van der Waals surface area contributed by atoms with Gasteiger partial charge in [-0.1, -0.05) is 19.4 Å². The fourth-order valence-corrected chi connectivity index (χ4v) is 2.74. The predicted octanol–water partition coefficient (Wildman–Crippen LogP) is 3.90. The van der Waals surface area contributed by atoms with Crippen LogP contribution in [-0.2, 0) is 9.59 Å². The zero-order valence-corrected chi connectivity index (χ0v) is 19.1. The van der Waals surface area contributed by atoms with Gasteiger partial charge < -0.3 is 24.3 Å². The molecule has 0 saturated carbocycles. The minimum absolute atomic E-state index is 0.0262. The number of unbranched alkanes of at least 4 members (excludes halogenated alkanes) is 1. The zero-order valence-electron chi connectivity index (χ0n) is 19.1. The van der Waals surface area contributed by atoms with Crippen LogP contribution >= 0.6 is 0 Å². The second kappa shape index (κ2) is 13.4. The Morgan fingerprint density at radius 3 is 2.33 bits per heavy atom. The van der Waals surface area contributed by atoms with Crippen LogP contribution in [-0.4, -0.2) is 38.7 Å². The number of carbonyl (C=O) groups excluding carboxylic acids is 2. The number of nitrogens with one attached hydrogen (secondary N) is 1. The molecule has 8 heteroatoms. The number of carbonyl (C=O) groups is 2. The van der Waals surface area contributed by atoms with Crippen molar-refractivity contribution >= 4 is 18.0 Å². The van der Waals surface area contributed by atoms with Gasteiger partial charge in [0.15, 0.2) is 18.1 Å². The number of ether oxygens (including phenoxy) is 4. The number of amides is 1. The van der Waals surface area contributed by atoms with E-state index in [1.807, 2.05) is 19.9 Å². The van der Waals surface area contributed by atoms with Crippen LogP contribution < -0.4 is 24.3 Å². The molecular weight excluding hydrogens is 424 g/mol. The van der Waals surface area contributed by atoms with E-state index in [2.05, 4.69) is 5.32 Å². The van der Waals surface area contributed by atoms with Gasteiger partial charge in [0.2, 0.25) is 0 Å². The average molecular weight is 453 g/mol. The third kappa shape index (κ3) is 8.22. The Balaban J connectivity index is 2.01. The SMILES string of the molecule is CCCCNC(=O)/C(C#N)=C/c1ccc(OC(=O)COc2ccc(OCC)cc2)c(OC)c1. The summed E-state index contributed by atoms with van der Waals surface area (Å²) in [5.74, 6) is 0.640. The van der Waals surface area contributed by atoms with Crippen molar-refractivity contribution < 1.29 is 28.5 Å². The summed E-state index contributed by atoms with van der Waals surface area (Å²) < 4.78 is 21.4. The molecule has 174 valence electrons. The zero-order chi connectivity index (χ0) is 24.1. The maximum atomic E-state index is 12.2. The quantitative estimate of drug-likeness (QED) is 0.171. The first-order valence-electron chi connectivity index (χ1n) is 10.6. The number of hydrogen-bond donors (Lipinski definition) is 1. The Hall–Kier alpha value is -3.99. The lowest BCUT2D eigenvalue weighted by atomic mass is 10.1. The average Bonchev–Trinajstić information content (AvgIpc) is 2.83. The highest BCUT2D eigenvalue weighted by molar-refractivity contribution is 6.01. The van der Waals surface area contributed by atoms with E-state index in [1.165, 1.54) is 19.3 Å². The standard InChI is InChI=1S/C25H28N2O6/c1-4-6-13-27-25(29)19(16-26)14-18-7-12-22(23(15-18)30-3)33-24(28)17-32-21-10-8-20(9-11-21)31-5-2/h7-12,14-15H,4-6,13,17H2,1-3H3,(H,27,29)/b19-14+. The largest absolute Gasteiger partial charge is 0.494 e. The normalized spacial score (nSPS) is 10.7. The van der Waals surface area contributed by atoms with Gasteiger partial charge in [0, 0.05) is 6.54 Å². The van der Waals surface area contributed by atoms with E-state index in [4.69, 9.17) is 18.9 Å². The molecule has 2 aromatic rings. The lowest BCUT2D eigenvalue weighted by Crippen LogP contribution is -2.25. The number of hydrogen-bond acceptors (Lipinski definition) is 7. The second-order valence-electron chi connectivity index (χ2n) is 6.86. The van der Waals surface area contributed by atoms with Crippen molar-refractivity contribution in [2.75, 3.05) is 26.9 Å². The lowest BCUT2D eigenvalue weighted by Gasteiger charge is -2.11. The van der Waals surface area contributed by atoms with Gasteiger partial charge in [-0.25, -0.2) is 4.79 Å². The minimum Gasteiger partial charge on any atom is -0.494 e. The van der Waals surface area contributed by atoms with E-state index < -0.39 is 11.9 Å². The highest BCUT2D eigenvalue weighted by Gasteiger charge is 2.13. The van der Waals surface area contributed by atoms with Gasteiger partial charge in [-0.2, -0.15) is 5.26 Å². The van der Waals surface area contributed by atoms with Crippen LogP contribution in [0.5, 0.6) is 23.0 Å². The smallest absolute Gasteiger partial charge is 0.349 e. The number of nitrogens with zero attached hydrogens (tertiary/aromatic N) is 1. The third-order valence-corrected chi connectivity index (χ3v) is 4.39. The fraction of sp³-hybridized carbons (Fsp3) is 0.320. The topological polar surface area (TPSA) is 107 Å². The Morgan fingerprint density at radius 1 is 1.03 bits per heavy atom. The maximum Gasteiger partial charge on any atom is 0.349 e. The molecule has 0 radical (unpaired) electrons. The van der Waals surface area contributed by atoms with E-state index in [0.717, 1.165) is 12.8 Å². The van der Waals surface area contributed by atoms with Crippen LogP contribution in [0.2, 0.25) is 0 Å². The summed E-state index contributed by atoms with van der Waals surface area (Å²) in [4.78, 5) is 24.3. The molecule has 0 bridgehead atoms. The number of methoxy groups -OCH3 is 1. The molecule has 1 N–H and O–H groups in total. The predicted molar refractivity (Wildman–Crippen MR) is 123 cm³/mol. The number of benzene rings is 2. The summed E-state index contributed by atoms with van der Waals surface area (Å²) in [5.41, 5.74) is 0.529. The van der Waals surface area contributed by atoms with Crippen molar-refractivity contribution in [3.05, 3.63) is 53.6 Å². The molecule has 0 saturated heterocycles. The van der Waals surface area contributed by atoms with Gasteiger partial charge in [-0.05, 0) is 61.4 Å². The summed E-state index contributed by atoms with van der Waals surface area (Å²) in [6.07, 6.45) is 3.22. The first kappa shape index (κ1) is 25.3. The lowest BCUT2D eigenvalue weighted by molar-refractivity contribution is -0.136. The molecule has 33 heavy (non-hydrogen) atoms. The molecule has 0 heterocycles. The van der Waals surface area contributed by atoms with Crippen LogP contribution in [0.4, 0.5) is 0 Å². The summed E-state index contributed by atoms with van der Waals surface area (Å²) in [5, 5.41) is 12.0. The molecular formula is C25H28N2O6. The first-order chi connectivity index (χ1) is 16.0. The molecule has 8 nitrogen and oxygen atoms in total. The van der Waals surface area contributed by atoms with Crippen LogP contribution in [0.25, 0.3) is 6.08 Å². The minimum atomic E-state index is -0.613. The van der Waals surface area contributed by atoms with Gasteiger partial charge in [0.1, 0.15) is 23.1 Å². The molecule has 0 aliphatic carbocycles. The molecule has 2 aromatic carbocycles. The van der Waals surface area contributed by atoms with Crippen LogP contribution in [0, 0.1) is 11.3 Å².